The number of para-hydroxylation sites is 1. The minimum atomic E-state index is -1.03. The van der Waals surface area contributed by atoms with Gasteiger partial charge in [0.1, 0.15) is 16.4 Å². The van der Waals surface area contributed by atoms with Crippen LogP contribution in [0.5, 0.6) is 11.5 Å². The van der Waals surface area contributed by atoms with E-state index in [2.05, 4.69) is 21.2 Å². The molecule has 3 N–H and O–H groups in total. The maximum atomic E-state index is 12.8. The van der Waals surface area contributed by atoms with Gasteiger partial charge in [0.05, 0.1) is 24.1 Å². The van der Waals surface area contributed by atoms with Gasteiger partial charge in [-0.2, -0.15) is 5.10 Å². The van der Waals surface area contributed by atoms with Crippen LogP contribution < -0.4 is 25.5 Å². The molecule has 202 valence electrons. The summed E-state index contributed by atoms with van der Waals surface area (Å²) in [7, 11) is 0. The number of nitrogens with one attached hydrogen (secondary N) is 3. The molecule has 0 aliphatic carbocycles. The van der Waals surface area contributed by atoms with E-state index in [-0.39, 0.29) is 11.3 Å². The molecule has 4 rings (SSSR count). The van der Waals surface area contributed by atoms with Gasteiger partial charge in [-0.05, 0) is 84.6 Å². The number of nitrogens with zero attached hydrogens (tertiary/aromatic N) is 1. The highest BCUT2D eigenvalue weighted by atomic mass is 32.1. The van der Waals surface area contributed by atoms with Crippen LogP contribution in [0.4, 0.5) is 11.4 Å². The van der Waals surface area contributed by atoms with Crippen LogP contribution >= 0.6 is 11.3 Å². The predicted molar refractivity (Wildman–Crippen MR) is 152 cm³/mol. The lowest BCUT2D eigenvalue weighted by Crippen LogP contribution is -2.33. The number of benzene rings is 3. The third-order valence-corrected chi connectivity index (χ3v) is 6.09. The highest BCUT2D eigenvalue weighted by Crippen LogP contribution is 2.20. The van der Waals surface area contributed by atoms with Crippen molar-refractivity contribution in [3.8, 4) is 11.5 Å². The van der Waals surface area contributed by atoms with Crippen LogP contribution in [-0.2, 0) is 9.59 Å². The number of hydrazone groups is 1. The summed E-state index contributed by atoms with van der Waals surface area (Å²) in [5.41, 5.74) is 3.59. The molecule has 0 spiro atoms. The van der Waals surface area contributed by atoms with E-state index in [0.717, 1.165) is 0 Å². The Labute approximate surface area is 233 Å². The molecule has 0 bridgehead atoms. The van der Waals surface area contributed by atoms with Crippen LogP contribution in [0.25, 0.3) is 0 Å². The van der Waals surface area contributed by atoms with Crippen LogP contribution in [0.2, 0.25) is 0 Å². The van der Waals surface area contributed by atoms with Crippen LogP contribution in [-0.4, -0.2) is 36.5 Å². The number of rotatable bonds is 9. The highest BCUT2D eigenvalue weighted by Gasteiger charge is 2.18. The van der Waals surface area contributed by atoms with Gasteiger partial charge in [-0.1, -0.05) is 18.2 Å². The fourth-order valence-corrected chi connectivity index (χ4v) is 3.96. The summed E-state index contributed by atoms with van der Waals surface area (Å²) in [4.78, 5) is 50.1. The Morgan fingerprint density at radius 2 is 1.55 bits per heavy atom. The minimum absolute atomic E-state index is 0.155. The Bertz CT molecular complexity index is 1520. The standard InChI is InChI=1S/C29H24N4O6S/c1-2-38-21-15-11-20(12-16-21)31-26(34)23-6-3-4-7-24(23)32-27(35)28(36)33-30-18-19-9-13-22(14-10-19)39-29(37)25-8-5-17-40-25/h3-18H,2H2,1H3,(H,31,34)(H,32,35)(H,33,36)/b30-18-. The van der Waals surface area contributed by atoms with Gasteiger partial charge < -0.3 is 20.1 Å². The largest absolute Gasteiger partial charge is 0.494 e. The van der Waals surface area contributed by atoms with E-state index in [1.807, 2.05) is 6.92 Å². The second kappa shape index (κ2) is 13.5. The van der Waals surface area contributed by atoms with Gasteiger partial charge in [0, 0.05) is 5.69 Å². The lowest BCUT2D eigenvalue weighted by Gasteiger charge is -2.11. The zero-order valence-electron chi connectivity index (χ0n) is 21.2. The molecule has 0 saturated carbocycles. The molecule has 4 aromatic rings. The lowest BCUT2D eigenvalue weighted by atomic mass is 10.1. The van der Waals surface area contributed by atoms with E-state index >= 15 is 0 Å². The van der Waals surface area contributed by atoms with Crippen LogP contribution in [0.1, 0.15) is 32.5 Å². The lowest BCUT2D eigenvalue weighted by molar-refractivity contribution is -0.136. The molecule has 0 unspecified atom stereocenters. The highest BCUT2D eigenvalue weighted by molar-refractivity contribution is 7.12. The average molecular weight is 557 g/mol. The summed E-state index contributed by atoms with van der Waals surface area (Å²) >= 11 is 1.28. The predicted octanol–water partition coefficient (Wildman–Crippen LogP) is 4.71. The second-order valence-electron chi connectivity index (χ2n) is 8.05. The van der Waals surface area contributed by atoms with E-state index < -0.39 is 23.7 Å². The zero-order chi connectivity index (χ0) is 28.3. The third-order valence-electron chi connectivity index (χ3n) is 5.24. The maximum Gasteiger partial charge on any atom is 0.353 e. The van der Waals surface area contributed by atoms with Crippen molar-refractivity contribution in [2.45, 2.75) is 6.92 Å². The number of carbonyl (C=O) groups is 4. The molecule has 11 heteroatoms. The number of anilines is 2. The molecule has 40 heavy (non-hydrogen) atoms. The summed E-state index contributed by atoms with van der Waals surface area (Å²) in [6, 6.07) is 23.0. The van der Waals surface area contributed by atoms with Crippen molar-refractivity contribution >= 4 is 52.6 Å². The molecular weight excluding hydrogens is 532 g/mol. The normalized spacial score (nSPS) is 10.5. The van der Waals surface area contributed by atoms with Crippen molar-refractivity contribution in [3.05, 3.63) is 106 Å². The molecule has 0 atom stereocenters. The van der Waals surface area contributed by atoms with Gasteiger partial charge in [0.25, 0.3) is 5.91 Å². The molecule has 10 nitrogen and oxygen atoms in total. The fourth-order valence-electron chi connectivity index (χ4n) is 3.36. The number of thiophene rings is 1. The first-order chi connectivity index (χ1) is 19.4. The number of hydrogen-bond acceptors (Lipinski definition) is 8. The number of hydrogen-bond donors (Lipinski definition) is 3. The van der Waals surface area contributed by atoms with E-state index in [1.54, 1.807) is 78.2 Å². The van der Waals surface area contributed by atoms with Crippen molar-refractivity contribution in [3.63, 3.8) is 0 Å². The van der Waals surface area contributed by atoms with E-state index in [9.17, 15) is 19.2 Å². The van der Waals surface area contributed by atoms with Crippen molar-refractivity contribution in [1.29, 1.82) is 0 Å². The molecular formula is C29H24N4O6S. The number of ether oxygens (including phenoxy) is 2. The molecule has 3 aromatic carbocycles. The maximum absolute atomic E-state index is 12.8. The van der Waals surface area contributed by atoms with Crippen LogP contribution in [0.15, 0.2) is 95.4 Å². The van der Waals surface area contributed by atoms with Crippen molar-refractivity contribution in [1.82, 2.24) is 5.43 Å². The summed E-state index contributed by atoms with van der Waals surface area (Å²) in [5, 5.41) is 10.8. The second-order valence-corrected chi connectivity index (χ2v) is 8.99. The van der Waals surface area contributed by atoms with Gasteiger partial charge in [-0.15, -0.1) is 11.3 Å². The summed E-state index contributed by atoms with van der Waals surface area (Å²) in [5.74, 6) is -1.93. The smallest absolute Gasteiger partial charge is 0.353 e. The summed E-state index contributed by atoms with van der Waals surface area (Å²) < 4.78 is 10.7. The van der Waals surface area contributed by atoms with Crippen LogP contribution in [0.3, 0.4) is 0 Å². The van der Waals surface area contributed by atoms with Gasteiger partial charge in [0.2, 0.25) is 0 Å². The quantitative estimate of drug-likeness (QED) is 0.0899. The molecule has 0 radical (unpaired) electrons. The molecule has 0 aliphatic heterocycles. The summed E-state index contributed by atoms with van der Waals surface area (Å²) in [6.45, 7) is 2.40. The SMILES string of the molecule is CCOc1ccc(NC(=O)c2ccccc2NC(=O)C(=O)N/N=C\c2ccc(OC(=O)c3cccs3)cc2)cc1. The third kappa shape index (κ3) is 7.62. The molecule has 1 heterocycles. The van der Waals surface area contributed by atoms with E-state index in [0.29, 0.717) is 34.2 Å². The molecule has 0 saturated heterocycles. The van der Waals surface area contributed by atoms with Gasteiger partial charge >= 0.3 is 17.8 Å². The first-order valence-electron chi connectivity index (χ1n) is 12.1. The topological polar surface area (TPSA) is 135 Å². The van der Waals surface area contributed by atoms with Crippen molar-refractivity contribution in [2.24, 2.45) is 5.10 Å². The Balaban J connectivity index is 1.30. The van der Waals surface area contributed by atoms with E-state index in [1.165, 1.54) is 29.7 Å². The first kappa shape index (κ1) is 27.7. The van der Waals surface area contributed by atoms with E-state index in [4.69, 9.17) is 9.47 Å². The Morgan fingerprint density at radius 3 is 2.25 bits per heavy atom. The monoisotopic (exact) mass is 556 g/mol. The first-order valence-corrected chi connectivity index (χ1v) is 12.9. The Hall–Kier alpha value is -5.29. The van der Waals surface area contributed by atoms with Gasteiger partial charge in [0.15, 0.2) is 0 Å². The van der Waals surface area contributed by atoms with Gasteiger partial charge in [-0.3, -0.25) is 14.4 Å². The Kier molecular flexibility index (Phi) is 9.35. The minimum Gasteiger partial charge on any atom is -0.494 e. The number of esters is 1. The molecule has 0 aliphatic rings. The molecule has 1 aromatic heterocycles. The van der Waals surface area contributed by atoms with Crippen LogP contribution in [0, 0.1) is 0 Å². The van der Waals surface area contributed by atoms with Gasteiger partial charge in [-0.25, -0.2) is 10.2 Å². The average Bonchev–Trinajstić information content (AvgIpc) is 3.51. The van der Waals surface area contributed by atoms with Crippen molar-refractivity contribution < 1.29 is 28.7 Å². The molecule has 0 fully saturated rings. The Morgan fingerprint density at radius 1 is 0.825 bits per heavy atom. The summed E-state index contributed by atoms with van der Waals surface area (Å²) in [6.07, 6.45) is 1.33. The molecule has 3 amide bonds. The fraction of sp³-hybridized carbons (Fsp3) is 0.0690. The van der Waals surface area contributed by atoms with Crippen molar-refractivity contribution in [2.75, 3.05) is 17.2 Å². The number of amides is 3. The number of carbonyl (C=O) groups excluding carboxylic acids is 4. The zero-order valence-corrected chi connectivity index (χ0v) is 22.1.